The zero-order valence-corrected chi connectivity index (χ0v) is 15.1. The van der Waals surface area contributed by atoms with E-state index in [4.69, 9.17) is 9.15 Å². The van der Waals surface area contributed by atoms with Crippen molar-refractivity contribution in [1.29, 1.82) is 0 Å². The first kappa shape index (κ1) is 17.3. The van der Waals surface area contributed by atoms with E-state index in [9.17, 15) is 4.79 Å². The Bertz CT molecular complexity index is 934. The summed E-state index contributed by atoms with van der Waals surface area (Å²) in [5.74, 6) is 1.75. The molecular weight excluding hydrogens is 342 g/mol. The maximum absolute atomic E-state index is 12.4. The van der Waals surface area contributed by atoms with Gasteiger partial charge in [-0.15, -0.1) is 10.2 Å². The number of aromatic nitrogens is 2. The van der Waals surface area contributed by atoms with Gasteiger partial charge in [0.25, 0.3) is 0 Å². The molecule has 0 saturated heterocycles. The highest BCUT2D eigenvalue weighted by Gasteiger charge is 2.22. The van der Waals surface area contributed by atoms with Crippen molar-refractivity contribution in [2.75, 3.05) is 6.61 Å². The Balaban J connectivity index is 1.34. The van der Waals surface area contributed by atoms with Crippen LogP contribution in [0.3, 0.4) is 0 Å². The topological polar surface area (TPSA) is 77.2 Å². The van der Waals surface area contributed by atoms with Crippen LogP contribution in [0.15, 0.2) is 52.9 Å². The molecule has 0 fully saturated rings. The predicted molar refractivity (Wildman–Crippen MR) is 100 cm³/mol. The number of para-hydroxylation sites is 1. The number of benzene rings is 2. The van der Waals surface area contributed by atoms with Crippen LogP contribution in [0, 0.1) is 6.92 Å². The van der Waals surface area contributed by atoms with Crippen LogP contribution < -0.4 is 10.1 Å². The predicted octanol–water partition coefficient (Wildman–Crippen LogP) is 3.62. The third kappa shape index (κ3) is 4.00. The number of nitrogens with zero attached hydrogens (tertiary/aromatic N) is 2. The Labute approximate surface area is 157 Å². The van der Waals surface area contributed by atoms with Gasteiger partial charge in [0.15, 0.2) is 0 Å². The first-order chi connectivity index (χ1) is 13.2. The SMILES string of the molecule is Cc1ccc(-c2nnc(CCC(=O)NC3CCOc4ccccc43)o2)cc1. The molecule has 1 aliphatic rings. The summed E-state index contributed by atoms with van der Waals surface area (Å²) in [6, 6.07) is 15.7. The van der Waals surface area contributed by atoms with Crippen molar-refractivity contribution in [3.05, 3.63) is 65.5 Å². The van der Waals surface area contributed by atoms with E-state index >= 15 is 0 Å². The third-order valence-corrected chi connectivity index (χ3v) is 4.63. The van der Waals surface area contributed by atoms with E-state index < -0.39 is 0 Å². The number of fused-ring (bicyclic) bond motifs is 1. The molecule has 6 nitrogen and oxygen atoms in total. The van der Waals surface area contributed by atoms with Gasteiger partial charge in [-0.25, -0.2) is 0 Å². The van der Waals surface area contributed by atoms with E-state index in [0.717, 1.165) is 23.3 Å². The fraction of sp³-hybridized carbons (Fsp3) is 0.286. The van der Waals surface area contributed by atoms with Crippen molar-refractivity contribution < 1.29 is 13.9 Å². The summed E-state index contributed by atoms with van der Waals surface area (Å²) in [4.78, 5) is 12.4. The number of carbonyl (C=O) groups excluding carboxylic acids is 1. The van der Waals surface area contributed by atoms with Crippen molar-refractivity contribution in [2.45, 2.75) is 32.2 Å². The van der Waals surface area contributed by atoms with Gasteiger partial charge in [0, 0.05) is 30.4 Å². The van der Waals surface area contributed by atoms with E-state index in [2.05, 4.69) is 15.5 Å². The maximum Gasteiger partial charge on any atom is 0.247 e. The Kier molecular flexibility index (Phi) is 4.87. The molecule has 1 atom stereocenters. The smallest absolute Gasteiger partial charge is 0.247 e. The van der Waals surface area contributed by atoms with E-state index in [1.54, 1.807) is 0 Å². The lowest BCUT2D eigenvalue weighted by Gasteiger charge is -2.26. The van der Waals surface area contributed by atoms with Crippen LogP contribution in [0.2, 0.25) is 0 Å². The highest BCUT2D eigenvalue weighted by atomic mass is 16.5. The molecule has 1 unspecified atom stereocenters. The normalized spacial score (nSPS) is 15.7. The summed E-state index contributed by atoms with van der Waals surface area (Å²) in [6.45, 7) is 2.63. The van der Waals surface area contributed by atoms with Crippen LogP contribution in [0.1, 0.15) is 35.9 Å². The summed E-state index contributed by atoms with van der Waals surface area (Å²) >= 11 is 0. The average molecular weight is 363 g/mol. The van der Waals surface area contributed by atoms with Crippen LogP contribution >= 0.6 is 0 Å². The molecule has 1 aliphatic heterocycles. The van der Waals surface area contributed by atoms with Gasteiger partial charge in [-0.2, -0.15) is 0 Å². The molecule has 0 spiro atoms. The van der Waals surface area contributed by atoms with Crippen LogP contribution in [0.5, 0.6) is 5.75 Å². The molecule has 0 bridgehead atoms. The van der Waals surface area contributed by atoms with Crippen LogP contribution in [0.25, 0.3) is 11.5 Å². The fourth-order valence-electron chi connectivity index (χ4n) is 3.15. The highest BCUT2D eigenvalue weighted by molar-refractivity contribution is 5.76. The number of ether oxygens (including phenoxy) is 1. The lowest BCUT2D eigenvalue weighted by molar-refractivity contribution is -0.122. The van der Waals surface area contributed by atoms with Crippen molar-refractivity contribution in [3.8, 4) is 17.2 Å². The second-order valence-corrected chi connectivity index (χ2v) is 6.66. The number of amides is 1. The average Bonchev–Trinajstić information content (AvgIpc) is 3.16. The molecule has 2 heterocycles. The first-order valence-corrected chi connectivity index (χ1v) is 9.09. The number of nitrogens with one attached hydrogen (secondary N) is 1. The zero-order valence-electron chi connectivity index (χ0n) is 15.1. The highest BCUT2D eigenvalue weighted by Crippen LogP contribution is 2.31. The second kappa shape index (κ2) is 7.61. The Hall–Kier alpha value is -3.15. The zero-order chi connectivity index (χ0) is 18.6. The van der Waals surface area contributed by atoms with E-state index in [1.165, 1.54) is 5.56 Å². The summed E-state index contributed by atoms with van der Waals surface area (Å²) in [5.41, 5.74) is 3.07. The van der Waals surface area contributed by atoms with Gasteiger partial charge in [-0.3, -0.25) is 4.79 Å². The maximum atomic E-state index is 12.4. The Morgan fingerprint density at radius 2 is 1.96 bits per heavy atom. The number of hydrogen-bond acceptors (Lipinski definition) is 5. The molecule has 6 heteroatoms. The third-order valence-electron chi connectivity index (χ3n) is 4.63. The minimum absolute atomic E-state index is 0.0201. The standard InChI is InChI=1S/C21H21N3O3/c1-14-6-8-15(9-7-14)21-24-23-20(27-21)11-10-19(25)22-17-12-13-26-18-5-3-2-4-16(17)18/h2-9,17H,10-13H2,1H3,(H,22,25). The van der Waals surface area contributed by atoms with Crippen LogP contribution in [-0.4, -0.2) is 22.7 Å². The molecule has 1 amide bonds. The minimum Gasteiger partial charge on any atom is -0.493 e. The van der Waals surface area contributed by atoms with E-state index in [0.29, 0.717) is 31.2 Å². The monoisotopic (exact) mass is 363 g/mol. The molecule has 0 saturated carbocycles. The molecule has 0 aliphatic carbocycles. The molecular formula is C21H21N3O3. The lowest BCUT2D eigenvalue weighted by atomic mass is 10.0. The van der Waals surface area contributed by atoms with E-state index in [-0.39, 0.29) is 11.9 Å². The molecule has 27 heavy (non-hydrogen) atoms. The second-order valence-electron chi connectivity index (χ2n) is 6.66. The van der Waals surface area contributed by atoms with Gasteiger partial charge in [-0.05, 0) is 25.1 Å². The van der Waals surface area contributed by atoms with Crippen molar-refractivity contribution in [1.82, 2.24) is 15.5 Å². The number of aryl methyl sites for hydroxylation is 2. The van der Waals surface area contributed by atoms with Gasteiger partial charge in [-0.1, -0.05) is 35.9 Å². The van der Waals surface area contributed by atoms with Gasteiger partial charge in [0.2, 0.25) is 17.7 Å². The minimum atomic E-state index is -0.0354. The molecule has 2 aromatic carbocycles. The largest absolute Gasteiger partial charge is 0.493 e. The molecule has 138 valence electrons. The van der Waals surface area contributed by atoms with Crippen LogP contribution in [0.4, 0.5) is 0 Å². The molecule has 0 radical (unpaired) electrons. The molecule has 1 N–H and O–H groups in total. The van der Waals surface area contributed by atoms with Gasteiger partial charge in [0.05, 0.1) is 12.6 Å². The lowest BCUT2D eigenvalue weighted by Crippen LogP contribution is -2.32. The quantitative estimate of drug-likeness (QED) is 0.749. The van der Waals surface area contributed by atoms with Gasteiger partial charge < -0.3 is 14.5 Å². The number of rotatable bonds is 5. The number of carbonyl (C=O) groups is 1. The van der Waals surface area contributed by atoms with Crippen molar-refractivity contribution in [3.63, 3.8) is 0 Å². The van der Waals surface area contributed by atoms with Crippen molar-refractivity contribution >= 4 is 5.91 Å². The molecule has 4 rings (SSSR count). The Morgan fingerprint density at radius 3 is 2.81 bits per heavy atom. The first-order valence-electron chi connectivity index (χ1n) is 9.09. The summed E-state index contributed by atoms with van der Waals surface area (Å²) in [6.07, 6.45) is 1.48. The van der Waals surface area contributed by atoms with Gasteiger partial charge >= 0.3 is 0 Å². The number of hydrogen-bond donors (Lipinski definition) is 1. The summed E-state index contributed by atoms with van der Waals surface area (Å²) in [7, 11) is 0. The molecule has 1 aromatic heterocycles. The summed E-state index contributed by atoms with van der Waals surface area (Å²) in [5, 5.41) is 11.2. The molecule has 3 aromatic rings. The van der Waals surface area contributed by atoms with E-state index in [1.807, 2.05) is 55.5 Å². The Morgan fingerprint density at radius 1 is 1.15 bits per heavy atom. The van der Waals surface area contributed by atoms with Gasteiger partial charge in [0.1, 0.15) is 5.75 Å². The summed E-state index contributed by atoms with van der Waals surface area (Å²) < 4.78 is 11.3. The van der Waals surface area contributed by atoms with Crippen molar-refractivity contribution in [2.24, 2.45) is 0 Å². The van der Waals surface area contributed by atoms with Crippen LogP contribution in [-0.2, 0) is 11.2 Å². The fourth-order valence-corrected chi connectivity index (χ4v) is 3.15.